The second-order valence-corrected chi connectivity index (χ2v) is 11.1. The predicted octanol–water partition coefficient (Wildman–Crippen LogP) is 2.94. The van der Waals surface area contributed by atoms with Crippen LogP contribution in [-0.2, 0) is 9.47 Å². The first kappa shape index (κ1) is 24.9. The molecule has 178 valence electrons. The molecule has 0 bridgehead atoms. The third-order valence-electron chi connectivity index (χ3n) is 8.75. The van der Waals surface area contributed by atoms with Gasteiger partial charge in [0, 0.05) is 0 Å². The predicted molar refractivity (Wildman–Crippen MR) is 119 cm³/mol. The van der Waals surface area contributed by atoms with Crippen molar-refractivity contribution in [3.63, 3.8) is 0 Å². The number of ether oxygens (including phenoxy) is 2. The zero-order valence-corrected chi connectivity index (χ0v) is 19.6. The molecule has 0 aromatic rings. The second-order valence-electron chi connectivity index (χ2n) is 11.1. The van der Waals surface area contributed by atoms with Gasteiger partial charge >= 0.3 is 0 Å². The highest BCUT2D eigenvalue weighted by molar-refractivity contribution is 5.17. The average molecular weight is 439 g/mol. The normalized spacial score (nSPS) is 44.9. The molecule has 1 aliphatic heterocycles. The van der Waals surface area contributed by atoms with E-state index in [2.05, 4.69) is 33.9 Å². The molecule has 1 heterocycles. The van der Waals surface area contributed by atoms with Gasteiger partial charge in [0.1, 0.15) is 18.3 Å². The van der Waals surface area contributed by atoms with Crippen LogP contribution >= 0.6 is 0 Å². The van der Waals surface area contributed by atoms with Crippen molar-refractivity contribution in [1.82, 2.24) is 0 Å². The van der Waals surface area contributed by atoms with Crippen LogP contribution in [0.1, 0.15) is 66.2 Å². The van der Waals surface area contributed by atoms with Crippen LogP contribution in [-0.4, -0.2) is 63.3 Å². The molecule has 3 rings (SSSR count). The number of rotatable bonds is 6. The molecule has 0 amide bonds. The van der Waals surface area contributed by atoms with E-state index in [-0.39, 0.29) is 23.5 Å². The lowest BCUT2D eigenvalue weighted by Crippen LogP contribution is -2.56. The summed E-state index contributed by atoms with van der Waals surface area (Å²) in [4.78, 5) is 0. The van der Waals surface area contributed by atoms with E-state index >= 15 is 0 Å². The molecule has 1 saturated heterocycles. The number of hydrogen-bond donors (Lipinski definition) is 4. The molecule has 6 heteroatoms. The molecule has 6 nitrogen and oxygen atoms in total. The van der Waals surface area contributed by atoms with Crippen LogP contribution < -0.4 is 0 Å². The number of allylic oxidation sites excluding steroid dienone is 1. The minimum absolute atomic E-state index is 0.0707. The summed E-state index contributed by atoms with van der Waals surface area (Å²) in [6.45, 7) is 16.9. The maximum atomic E-state index is 10.7. The summed E-state index contributed by atoms with van der Waals surface area (Å²) < 4.78 is 11.5. The highest BCUT2D eigenvalue weighted by atomic mass is 16.7. The number of fused-ring (bicyclic) bond motifs is 1. The Labute approximate surface area is 187 Å². The average Bonchev–Trinajstić information content (AvgIpc) is 2.71. The molecule has 0 spiro atoms. The Kier molecular flexibility index (Phi) is 7.13. The molecule has 2 aliphatic carbocycles. The fourth-order valence-electron chi connectivity index (χ4n) is 6.49. The van der Waals surface area contributed by atoms with E-state index < -0.39 is 30.2 Å². The van der Waals surface area contributed by atoms with Crippen molar-refractivity contribution < 1.29 is 29.9 Å². The fraction of sp³-hybridized carbons (Fsp3) is 0.840. The van der Waals surface area contributed by atoms with Gasteiger partial charge in [-0.05, 0) is 68.1 Å². The smallest absolute Gasteiger partial charge is 0.187 e. The lowest BCUT2D eigenvalue weighted by atomic mass is 9.46. The van der Waals surface area contributed by atoms with Gasteiger partial charge in [0.15, 0.2) is 6.29 Å². The van der Waals surface area contributed by atoms with Crippen molar-refractivity contribution in [2.45, 2.75) is 103 Å². The minimum Gasteiger partial charge on any atom is -0.393 e. The summed E-state index contributed by atoms with van der Waals surface area (Å²) in [5.41, 5.74) is 0.452. The molecule has 9 atom stereocenters. The van der Waals surface area contributed by atoms with Crippen molar-refractivity contribution in [3.05, 3.63) is 24.8 Å². The standard InChI is InChI=1S/C25H42O6/c1-7-24(5,31-22-21(29)20(28)17(26)14-30-22)12-10-16-15(2)8-9-18-23(3,4)19(27)11-13-25(16,18)6/h7,16-22,26-29H,1-2,8-14H2,3-6H3/t16-,17-,18-,19-,20+,21-,22+,24-,25+/m1/s1. The Morgan fingerprint density at radius 3 is 2.48 bits per heavy atom. The molecule has 0 aromatic heterocycles. The molecule has 0 aromatic carbocycles. The van der Waals surface area contributed by atoms with Crippen LogP contribution in [0.3, 0.4) is 0 Å². The van der Waals surface area contributed by atoms with Crippen molar-refractivity contribution in [1.29, 1.82) is 0 Å². The molecule has 3 aliphatic rings. The second kappa shape index (κ2) is 8.88. The van der Waals surface area contributed by atoms with Gasteiger partial charge in [-0.2, -0.15) is 0 Å². The van der Waals surface area contributed by atoms with Gasteiger partial charge < -0.3 is 29.9 Å². The van der Waals surface area contributed by atoms with Gasteiger partial charge in [0.05, 0.1) is 18.3 Å². The number of hydrogen-bond acceptors (Lipinski definition) is 6. The molecule has 0 unspecified atom stereocenters. The van der Waals surface area contributed by atoms with E-state index in [4.69, 9.17) is 9.47 Å². The SMILES string of the molecule is C=C[C@](C)(CC[C@@H]1C(=C)CC[C@@H]2C(C)(C)[C@H](O)CC[C@@]12C)O[C@@H]1OC[C@@H](O)[C@H](O)[C@H]1O. The van der Waals surface area contributed by atoms with E-state index in [1.807, 2.05) is 6.92 Å². The lowest BCUT2D eigenvalue weighted by Gasteiger charge is -2.59. The lowest BCUT2D eigenvalue weighted by molar-refractivity contribution is -0.293. The first-order valence-electron chi connectivity index (χ1n) is 11.7. The monoisotopic (exact) mass is 438 g/mol. The Morgan fingerprint density at radius 2 is 1.84 bits per heavy atom. The van der Waals surface area contributed by atoms with E-state index in [0.717, 1.165) is 32.1 Å². The summed E-state index contributed by atoms with van der Waals surface area (Å²) >= 11 is 0. The van der Waals surface area contributed by atoms with E-state index in [9.17, 15) is 20.4 Å². The summed E-state index contributed by atoms with van der Waals surface area (Å²) in [6, 6.07) is 0. The molecule has 3 fully saturated rings. The maximum Gasteiger partial charge on any atom is 0.187 e. The van der Waals surface area contributed by atoms with Gasteiger partial charge in [-0.25, -0.2) is 0 Å². The van der Waals surface area contributed by atoms with Gasteiger partial charge in [-0.1, -0.05) is 39.0 Å². The quantitative estimate of drug-likeness (QED) is 0.476. The van der Waals surface area contributed by atoms with Crippen LogP contribution in [0.15, 0.2) is 24.8 Å². The van der Waals surface area contributed by atoms with Crippen LogP contribution in [0, 0.1) is 22.7 Å². The Balaban J connectivity index is 1.73. The Hall–Kier alpha value is -0.760. The summed E-state index contributed by atoms with van der Waals surface area (Å²) in [5.74, 6) is 0.737. The molecule has 0 radical (unpaired) electrons. The van der Waals surface area contributed by atoms with Crippen LogP contribution in [0.5, 0.6) is 0 Å². The van der Waals surface area contributed by atoms with E-state index in [1.54, 1.807) is 6.08 Å². The zero-order chi connectivity index (χ0) is 23.2. The molecular weight excluding hydrogens is 396 g/mol. The Bertz CT molecular complexity index is 677. The van der Waals surface area contributed by atoms with Gasteiger partial charge in [-0.15, -0.1) is 6.58 Å². The van der Waals surface area contributed by atoms with E-state index in [1.165, 1.54) is 5.57 Å². The first-order chi connectivity index (χ1) is 14.4. The molecular formula is C25H42O6. The number of aliphatic hydroxyl groups excluding tert-OH is 4. The minimum atomic E-state index is -1.32. The summed E-state index contributed by atoms with van der Waals surface area (Å²) in [5, 5.41) is 40.6. The van der Waals surface area contributed by atoms with Crippen molar-refractivity contribution in [3.8, 4) is 0 Å². The largest absolute Gasteiger partial charge is 0.393 e. The van der Waals surface area contributed by atoms with Gasteiger partial charge in [0.2, 0.25) is 0 Å². The molecule has 4 N–H and O–H groups in total. The highest BCUT2D eigenvalue weighted by Gasteiger charge is 2.56. The van der Waals surface area contributed by atoms with Crippen molar-refractivity contribution in [2.24, 2.45) is 22.7 Å². The van der Waals surface area contributed by atoms with E-state index in [0.29, 0.717) is 18.3 Å². The fourth-order valence-corrected chi connectivity index (χ4v) is 6.49. The summed E-state index contributed by atoms with van der Waals surface area (Å²) in [6.07, 6.45) is 2.01. The zero-order valence-electron chi connectivity index (χ0n) is 19.6. The third-order valence-corrected chi connectivity index (χ3v) is 8.75. The topological polar surface area (TPSA) is 99.4 Å². The molecule has 2 saturated carbocycles. The van der Waals surface area contributed by atoms with Crippen molar-refractivity contribution >= 4 is 0 Å². The maximum absolute atomic E-state index is 10.7. The van der Waals surface area contributed by atoms with Crippen molar-refractivity contribution in [2.75, 3.05) is 6.61 Å². The number of aliphatic hydroxyl groups is 4. The van der Waals surface area contributed by atoms with Crippen LogP contribution in [0.2, 0.25) is 0 Å². The van der Waals surface area contributed by atoms with Gasteiger partial charge in [0.25, 0.3) is 0 Å². The Morgan fingerprint density at radius 1 is 1.16 bits per heavy atom. The first-order valence-corrected chi connectivity index (χ1v) is 11.7. The molecule has 31 heavy (non-hydrogen) atoms. The van der Waals surface area contributed by atoms with Crippen LogP contribution in [0.4, 0.5) is 0 Å². The third kappa shape index (κ3) is 4.53. The van der Waals surface area contributed by atoms with Crippen LogP contribution in [0.25, 0.3) is 0 Å². The highest BCUT2D eigenvalue weighted by Crippen LogP contribution is 2.62. The van der Waals surface area contributed by atoms with Gasteiger partial charge in [-0.3, -0.25) is 0 Å². The summed E-state index contributed by atoms with van der Waals surface area (Å²) in [7, 11) is 0.